The van der Waals surface area contributed by atoms with Crippen LogP contribution in [-0.2, 0) is 16.4 Å². The van der Waals surface area contributed by atoms with Gasteiger partial charge in [0.1, 0.15) is 4.90 Å². The van der Waals surface area contributed by atoms with Gasteiger partial charge in [0, 0.05) is 5.54 Å². The number of benzene rings is 1. The summed E-state index contributed by atoms with van der Waals surface area (Å²) in [7, 11) is -3.55. The van der Waals surface area contributed by atoms with Crippen molar-refractivity contribution in [2.24, 2.45) is 0 Å². The standard InChI is InChI=1S/C15H21N3O2S/c1-12-14(11-16-17-12)21(19,20)18-15(2,3)10-9-13-7-5-4-6-8-13/h4-8,11,18H,9-10H2,1-3H3,(H,16,17). The molecule has 0 saturated carbocycles. The van der Waals surface area contributed by atoms with Gasteiger partial charge in [0.2, 0.25) is 10.0 Å². The largest absolute Gasteiger partial charge is 0.281 e. The van der Waals surface area contributed by atoms with E-state index in [0.717, 1.165) is 6.42 Å². The number of nitrogens with one attached hydrogen (secondary N) is 2. The topological polar surface area (TPSA) is 74.8 Å². The highest BCUT2D eigenvalue weighted by atomic mass is 32.2. The molecule has 21 heavy (non-hydrogen) atoms. The van der Waals surface area contributed by atoms with Gasteiger partial charge in [-0.2, -0.15) is 5.10 Å². The van der Waals surface area contributed by atoms with Crippen LogP contribution in [0.1, 0.15) is 31.5 Å². The van der Waals surface area contributed by atoms with Crippen LogP contribution in [0.3, 0.4) is 0 Å². The van der Waals surface area contributed by atoms with Crippen molar-refractivity contribution in [2.45, 2.75) is 44.0 Å². The molecule has 5 nitrogen and oxygen atoms in total. The quantitative estimate of drug-likeness (QED) is 0.860. The molecule has 2 N–H and O–H groups in total. The summed E-state index contributed by atoms with van der Waals surface area (Å²) in [6.45, 7) is 5.48. The van der Waals surface area contributed by atoms with E-state index >= 15 is 0 Å². The molecule has 0 fully saturated rings. The molecule has 0 atom stereocenters. The van der Waals surface area contributed by atoms with Crippen LogP contribution in [0.5, 0.6) is 0 Å². The minimum Gasteiger partial charge on any atom is -0.281 e. The van der Waals surface area contributed by atoms with Gasteiger partial charge in [-0.1, -0.05) is 30.3 Å². The molecule has 2 aromatic rings. The third-order valence-corrected chi connectivity index (χ3v) is 5.18. The first-order chi connectivity index (χ1) is 9.80. The Hall–Kier alpha value is -1.66. The number of aromatic nitrogens is 2. The van der Waals surface area contributed by atoms with Crippen LogP contribution in [-0.4, -0.2) is 24.2 Å². The van der Waals surface area contributed by atoms with Crippen LogP contribution in [0.25, 0.3) is 0 Å². The molecule has 6 heteroatoms. The van der Waals surface area contributed by atoms with Gasteiger partial charge in [0.15, 0.2) is 0 Å². The van der Waals surface area contributed by atoms with Crippen molar-refractivity contribution in [2.75, 3.05) is 0 Å². The van der Waals surface area contributed by atoms with E-state index in [1.165, 1.54) is 11.8 Å². The molecule has 0 aliphatic rings. The number of rotatable bonds is 6. The second kappa shape index (κ2) is 5.99. The molecule has 114 valence electrons. The zero-order chi connectivity index (χ0) is 15.5. The van der Waals surface area contributed by atoms with E-state index in [1.54, 1.807) is 6.92 Å². The van der Waals surface area contributed by atoms with Crippen molar-refractivity contribution in [1.29, 1.82) is 0 Å². The Kier molecular flexibility index (Phi) is 4.49. The van der Waals surface area contributed by atoms with Gasteiger partial charge in [0.05, 0.1) is 11.9 Å². The molecule has 1 heterocycles. The van der Waals surface area contributed by atoms with E-state index in [1.807, 2.05) is 44.2 Å². The van der Waals surface area contributed by atoms with Crippen molar-refractivity contribution < 1.29 is 8.42 Å². The van der Waals surface area contributed by atoms with E-state index in [2.05, 4.69) is 14.9 Å². The lowest BCUT2D eigenvalue weighted by Crippen LogP contribution is -2.43. The van der Waals surface area contributed by atoms with Crippen molar-refractivity contribution >= 4 is 10.0 Å². The van der Waals surface area contributed by atoms with Crippen molar-refractivity contribution in [3.8, 4) is 0 Å². The third kappa shape index (κ3) is 4.15. The summed E-state index contributed by atoms with van der Waals surface area (Å²) in [6, 6.07) is 10.0. The Bertz CT molecular complexity index is 691. The van der Waals surface area contributed by atoms with Crippen LogP contribution >= 0.6 is 0 Å². The molecular formula is C15H21N3O2S. The molecule has 0 saturated heterocycles. The number of hydrogen-bond acceptors (Lipinski definition) is 3. The lowest BCUT2D eigenvalue weighted by Gasteiger charge is -2.26. The average Bonchev–Trinajstić information content (AvgIpc) is 2.84. The fourth-order valence-corrected chi connectivity index (χ4v) is 3.76. The number of sulfonamides is 1. The number of nitrogens with zero attached hydrogens (tertiary/aromatic N) is 1. The molecule has 1 aromatic heterocycles. The molecule has 1 aromatic carbocycles. The van der Waals surface area contributed by atoms with Crippen LogP contribution in [0.2, 0.25) is 0 Å². The molecular weight excluding hydrogens is 286 g/mol. The summed E-state index contributed by atoms with van der Waals surface area (Å²) in [6.07, 6.45) is 2.87. The number of aryl methyl sites for hydroxylation is 2. The van der Waals surface area contributed by atoms with E-state index in [4.69, 9.17) is 0 Å². The monoisotopic (exact) mass is 307 g/mol. The van der Waals surface area contributed by atoms with Crippen LogP contribution in [0, 0.1) is 6.92 Å². The highest BCUT2D eigenvalue weighted by Crippen LogP contribution is 2.19. The van der Waals surface area contributed by atoms with Crippen molar-refractivity contribution in [3.63, 3.8) is 0 Å². The van der Waals surface area contributed by atoms with Crippen LogP contribution in [0.4, 0.5) is 0 Å². The predicted molar refractivity (Wildman–Crippen MR) is 82.5 cm³/mol. The Labute approximate surface area is 125 Å². The Morgan fingerprint density at radius 3 is 2.48 bits per heavy atom. The van der Waals surface area contributed by atoms with E-state index in [0.29, 0.717) is 12.1 Å². The zero-order valence-electron chi connectivity index (χ0n) is 12.6. The Balaban J connectivity index is 2.05. The summed E-state index contributed by atoms with van der Waals surface area (Å²) < 4.78 is 27.5. The first-order valence-electron chi connectivity index (χ1n) is 6.88. The highest BCUT2D eigenvalue weighted by Gasteiger charge is 2.27. The van der Waals surface area contributed by atoms with Gasteiger partial charge in [-0.15, -0.1) is 0 Å². The predicted octanol–water partition coefficient (Wildman–Crippen LogP) is 2.41. The first-order valence-corrected chi connectivity index (χ1v) is 8.36. The first kappa shape index (κ1) is 15.7. The van der Waals surface area contributed by atoms with Gasteiger partial charge in [-0.05, 0) is 39.2 Å². The van der Waals surface area contributed by atoms with Gasteiger partial charge < -0.3 is 0 Å². The summed E-state index contributed by atoms with van der Waals surface area (Å²) in [4.78, 5) is 0.204. The molecule has 0 bridgehead atoms. The molecule has 0 spiro atoms. The van der Waals surface area contributed by atoms with Crippen LogP contribution < -0.4 is 4.72 Å². The van der Waals surface area contributed by atoms with Gasteiger partial charge >= 0.3 is 0 Å². The summed E-state index contributed by atoms with van der Waals surface area (Å²) in [5, 5.41) is 6.42. The molecule has 0 radical (unpaired) electrons. The van der Waals surface area contributed by atoms with Gasteiger partial charge in [-0.3, -0.25) is 5.10 Å². The minimum atomic E-state index is -3.55. The normalized spacial score (nSPS) is 12.5. The van der Waals surface area contributed by atoms with E-state index in [-0.39, 0.29) is 4.90 Å². The molecule has 2 rings (SSSR count). The maximum Gasteiger partial charge on any atom is 0.244 e. The highest BCUT2D eigenvalue weighted by molar-refractivity contribution is 7.89. The summed E-state index contributed by atoms with van der Waals surface area (Å²) in [5.74, 6) is 0. The van der Waals surface area contributed by atoms with Gasteiger partial charge in [0.25, 0.3) is 0 Å². The fraction of sp³-hybridized carbons (Fsp3) is 0.400. The lowest BCUT2D eigenvalue weighted by atomic mass is 9.97. The maximum absolute atomic E-state index is 12.4. The second-order valence-electron chi connectivity index (χ2n) is 5.83. The number of hydrogen-bond donors (Lipinski definition) is 2. The molecule has 0 unspecified atom stereocenters. The lowest BCUT2D eigenvalue weighted by molar-refractivity contribution is 0.422. The minimum absolute atomic E-state index is 0.204. The summed E-state index contributed by atoms with van der Waals surface area (Å²) >= 11 is 0. The molecule has 0 aliphatic carbocycles. The zero-order valence-corrected chi connectivity index (χ0v) is 13.4. The van der Waals surface area contributed by atoms with E-state index < -0.39 is 15.6 Å². The number of aromatic amines is 1. The average molecular weight is 307 g/mol. The fourth-order valence-electron chi connectivity index (χ4n) is 2.18. The molecule has 0 aliphatic heterocycles. The van der Waals surface area contributed by atoms with Crippen molar-refractivity contribution in [3.05, 3.63) is 47.8 Å². The van der Waals surface area contributed by atoms with Crippen molar-refractivity contribution in [1.82, 2.24) is 14.9 Å². The third-order valence-electron chi connectivity index (χ3n) is 3.37. The SMILES string of the molecule is Cc1[nH]ncc1S(=O)(=O)NC(C)(C)CCc1ccccc1. The number of H-pyrrole nitrogens is 1. The molecule has 0 amide bonds. The summed E-state index contributed by atoms with van der Waals surface area (Å²) in [5.41, 5.74) is 1.21. The van der Waals surface area contributed by atoms with E-state index in [9.17, 15) is 8.42 Å². The second-order valence-corrected chi connectivity index (χ2v) is 7.49. The Morgan fingerprint density at radius 2 is 1.90 bits per heavy atom. The van der Waals surface area contributed by atoms with Crippen LogP contribution in [0.15, 0.2) is 41.4 Å². The smallest absolute Gasteiger partial charge is 0.244 e. The maximum atomic E-state index is 12.4. The Morgan fingerprint density at radius 1 is 1.24 bits per heavy atom. The van der Waals surface area contributed by atoms with Gasteiger partial charge in [-0.25, -0.2) is 13.1 Å².